The summed E-state index contributed by atoms with van der Waals surface area (Å²) in [5.41, 5.74) is 0. The molecule has 2 heterocycles. The van der Waals surface area contributed by atoms with Crippen molar-refractivity contribution >= 4 is 21.8 Å². The molecule has 1 saturated heterocycles. The SMILES string of the molecule is CC(C)C[NH+]1CCO[C@H](CSc2ccc(S(=O)(=O)N(C)C)cn2)C1. The molecular weight excluding hydrogens is 346 g/mol. The average molecular weight is 375 g/mol. The van der Waals surface area contributed by atoms with Crippen LogP contribution in [-0.2, 0) is 14.8 Å². The van der Waals surface area contributed by atoms with Gasteiger partial charge in [0.25, 0.3) is 0 Å². The largest absolute Gasteiger partial charge is 0.366 e. The number of hydrogen-bond acceptors (Lipinski definition) is 5. The summed E-state index contributed by atoms with van der Waals surface area (Å²) >= 11 is 1.62. The normalized spacial score (nSPS) is 22.2. The Labute approximate surface area is 149 Å². The first-order chi connectivity index (χ1) is 11.3. The zero-order chi connectivity index (χ0) is 17.7. The molecule has 1 aliphatic heterocycles. The predicted molar refractivity (Wildman–Crippen MR) is 96.0 cm³/mol. The van der Waals surface area contributed by atoms with Crippen molar-refractivity contribution in [2.45, 2.75) is 29.9 Å². The van der Waals surface area contributed by atoms with Crippen molar-refractivity contribution in [1.82, 2.24) is 9.29 Å². The highest BCUT2D eigenvalue weighted by atomic mass is 32.2. The number of morpholine rings is 1. The Hall–Kier alpha value is -0.670. The maximum Gasteiger partial charge on any atom is 0.244 e. The zero-order valence-electron chi connectivity index (χ0n) is 14.9. The fourth-order valence-electron chi connectivity index (χ4n) is 2.72. The van der Waals surface area contributed by atoms with Crippen molar-refractivity contribution in [3.63, 3.8) is 0 Å². The highest BCUT2D eigenvalue weighted by Gasteiger charge is 2.24. The van der Waals surface area contributed by atoms with Crippen LogP contribution < -0.4 is 4.90 Å². The lowest BCUT2D eigenvalue weighted by molar-refractivity contribution is -0.914. The molecule has 8 heteroatoms. The van der Waals surface area contributed by atoms with Crippen molar-refractivity contribution in [3.8, 4) is 0 Å². The lowest BCUT2D eigenvalue weighted by atomic mass is 10.2. The molecular formula is C16H28N3O3S2+. The van der Waals surface area contributed by atoms with Crippen molar-refractivity contribution in [3.05, 3.63) is 18.3 Å². The van der Waals surface area contributed by atoms with E-state index in [9.17, 15) is 8.42 Å². The third-order valence-corrected chi connectivity index (χ3v) is 6.80. The Balaban J connectivity index is 1.88. The summed E-state index contributed by atoms with van der Waals surface area (Å²) in [6.07, 6.45) is 1.65. The molecule has 2 rings (SSSR count). The van der Waals surface area contributed by atoms with Gasteiger partial charge in [-0.3, -0.25) is 0 Å². The van der Waals surface area contributed by atoms with Crippen LogP contribution in [-0.4, -0.2) is 69.9 Å². The Morgan fingerprint density at radius 2 is 2.17 bits per heavy atom. The van der Waals surface area contributed by atoms with E-state index < -0.39 is 10.0 Å². The number of quaternary nitrogens is 1. The fraction of sp³-hybridized carbons (Fsp3) is 0.688. The van der Waals surface area contributed by atoms with Crippen LogP contribution in [0.25, 0.3) is 0 Å². The standard InChI is InChI=1S/C16H27N3O3S2/c1-13(2)10-19-7-8-22-14(11-19)12-23-16-6-5-15(9-17-16)24(20,21)18(3)4/h5-6,9,13-14H,7-8,10-12H2,1-4H3/p+1/t14-/m0/s1. The molecule has 2 atom stereocenters. The van der Waals surface area contributed by atoms with Gasteiger partial charge in [0.1, 0.15) is 24.1 Å². The molecule has 0 aromatic carbocycles. The van der Waals surface area contributed by atoms with Gasteiger partial charge in [0.2, 0.25) is 10.0 Å². The van der Waals surface area contributed by atoms with Gasteiger partial charge in [-0.25, -0.2) is 17.7 Å². The summed E-state index contributed by atoms with van der Waals surface area (Å²) in [5.74, 6) is 1.54. The van der Waals surface area contributed by atoms with Gasteiger partial charge >= 0.3 is 0 Å². The molecule has 0 bridgehead atoms. The first-order valence-electron chi connectivity index (χ1n) is 8.25. The summed E-state index contributed by atoms with van der Waals surface area (Å²) in [4.78, 5) is 6.09. The Kier molecular flexibility index (Phi) is 7.06. The van der Waals surface area contributed by atoms with Crippen molar-refractivity contribution in [2.24, 2.45) is 5.92 Å². The molecule has 1 unspecified atom stereocenters. The van der Waals surface area contributed by atoms with Crippen LogP contribution in [0, 0.1) is 5.92 Å². The number of pyridine rings is 1. The second-order valence-corrected chi connectivity index (χ2v) is 9.92. The molecule has 0 radical (unpaired) electrons. The summed E-state index contributed by atoms with van der Waals surface area (Å²) < 4.78 is 31.1. The van der Waals surface area contributed by atoms with E-state index in [4.69, 9.17) is 4.74 Å². The van der Waals surface area contributed by atoms with Gasteiger partial charge < -0.3 is 9.64 Å². The maximum absolute atomic E-state index is 12.0. The molecule has 0 aliphatic carbocycles. The highest BCUT2D eigenvalue weighted by molar-refractivity contribution is 7.99. The summed E-state index contributed by atoms with van der Waals surface area (Å²) in [5, 5.41) is 0.826. The lowest BCUT2D eigenvalue weighted by Gasteiger charge is -2.30. The molecule has 1 aromatic rings. The molecule has 0 spiro atoms. The number of nitrogens with zero attached hydrogens (tertiary/aromatic N) is 2. The van der Waals surface area contributed by atoms with E-state index in [0.717, 1.165) is 30.5 Å². The number of hydrogen-bond donors (Lipinski definition) is 1. The smallest absolute Gasteiger partial charge is 0.244 e. The third-order valence-electron chi connectivity index (χ3n) is 3.93. The summed E-state index contributed by atoms with van der Waals surface area (Å²) in [6, 6.07) is 3.38. The van der Waals surface area contributed by atoms with Gasteiger partial charge in [-0.1, -0.05) is 13.8 Å². The number of rotatable bonds is 7. The molecule has 136 valence electrons. The fourth-order valence-corrected chi connectivity index (χ4v) is 4.43. The van der Waals surface area contributed by atoms with Crippen LogP contribution in [0.3, 0.4) is 0 Å². The van der Waals surface area contributed by atoms with Crippen molar-refractivity contribution in [2.75, 3.05) is 46.1 Å². The second kappa shape index (κ2) is 8.62. The van der Waals surface area contributed by atoms with E-state index >= 15 is 0 Å². The maximum atomic E-state index is 12.0. The molecule has 1 aliphatic rings. The third kappa shape index (κ3) is 5.42. The van der Waals surface area contributed by atoms with E-state index in [1.54, 1.807) is 28.8 Å². The van der Waals surface area contributed by atoms with Crippen LogP contribution in [0.5, 0.6) is 0 Å². The summed E-state index contributed by atoms with van der Waals surface area (Å²) in [7, 11) is -0.379. The first kappa shape index (κ1) is 19.7. The summed E-state index contributed by atoms with van der Waals surface area (Å²) in [6.45, 7) is 8.59. The Bertz CT molecular complexity index is 618. The van der Waals surface area contributed by atoms with Gasteiger partial charge in [0.05, 0.1) is 18.2 Å². The van der Waals surface area contributed by atoms with Crippen LogP contribution in [0.1, 0.15) is 13.8 Å². The number of aromatic nitrogens is 1. The Morgan fingerprint density at radius 3 is 2.75 bits per heavy atom. The minimum atomic E-state index is -3.41. The molecule has 6 nitrogen and oxygen atoms in total. The average Bonchev–Trinajstić information content (AvgIpc) is 2.53. The number of thioether (sulfide) groups is 1. The van der Waals surface area contributed by atoms with Crippen LogP contribution in [0.2, 0.25) is 0 Å². The van der Waals surface area contributed by atoms with E-state index in [2.05, 4.69) is 18.8 Å². The quantitative estimate of drug-likeness (QED) is 0.699. The molecule has 0 amide bonds. The van der Waals surface area contributed by atoms with E-state index in [-0.39, 0.29) is 11.0 Å². The van der Waals surface area contributed by atoms with Crippen LogP contribution in [0.4, 0.5) is 0 Å². The molecule has 1 N–H and O–H groups in total. The molecule has 24 heavy (non-hydrogen) atoms. The van der Waals surface area contributed by atoms with Gasteiger partial charge in [0, 0.05) is 32.0 Å². The van der Waals surface area contributed by atoms with Crippen LogP contribution >= 0.6 is 11.8 Å². The number of sulfonamides is 1. The molecule has 1 aromatic heterocycles. The number of ether oxygens (including phenoxy) is 1. The van der Waals surface area contributed by atoms with E-state index in [0.29, 0.717) is 5.92 Å². The van der Waals surface area contributed by atoms with Crippen molar-refractivity contribution < 1.29 is 18.1 Å². The minimum Gasteiger partial charge on any atom is -0.366 e. The van der Waals surface area contributed by atoms with Gasteiger partial charge in [-0.2, -0.15) is 0 Å². The predicted octanol–water partition coefficient (Wildman–Crippen LogP) is 0.364. The monoisotopic (exact) mass is 374 g/mol. The van der Waals surface area contributed by atoms with Gasteiger partial charge in [0.15, 0.2) is 0 Å². The highest BCUT2D eigenvalue weighted by Crippen LogP contribution is 2.20. The van der Waals surface area contributed by atoms with E-state index in [1.165, 1.54) is 31.1 Å². The minimum absolute atomic E-state index is 0.221. The number of nitrogens with one attached hydrogen (secondary N) is 1. The van der Waals surface area contributed by atoms with Crippen LogP contribution in [0.15, 0.2) is 28.3 Å². The van der Waals surface area contributed by atoms with Crippen molar-refractivity contribution in [1.29, 1.82) is 0 Å². The molecule has 0 saturated carbocycles. The van der Waals surface area contributed by atoms with Gasteiger partial charge in [-0.15, -0.1) is 11.8 Å². The second-order valence-electron chi connectivity index (χ2n) is 6.73. The topological polar surface area (TPSA) is 63.9 Å². The van der Waals surface area contributed by atoms with Gasteiger partial charge in [-0.05, 0) is 12.1 Å². The lowest BCUT2D eigenvalue weighted by Crippen LogP contribution is -3.15. The Morgan fingerprint density at radius 1 is 1.42 bits per heavy atom. The molecule has 1 fully saturated rings. The van der Waals surface area contributed by atoms with E-state index in [1.807, 2.05) is 0 Å². The first-order valence-corrected chi connectivity index (χ1v) is 10.7. The zero-order valence-corrected chi connectivity index (χ0v) is 16.5.